The second kappa shape index (κ2) is 5.74. The fraction of sp³-hybridized carbons (Fsp3) is 0.643. The lowest BCUT2D eigenvalue weighted by molar-refractivity contribution is -0.124. The largest absolute Gasteiger partial charge is 0.350 e. The number of fused-ring (bicyclic) bond motifs is 1. The Morgan fingerprint density at radius 2 is 2.44 bits per heavy atom. The van der Waals surface area contributed by atoms with Crippen LogP contribution in [0.1, 0.15) is 49.5 Å². The van der Waals surface area contributed by atoms with Crippen molar-refractivity contribution in [2.24, 2.45) is 0 Å². The molecule has 100 valence electrons. The van der Waals surface area contributed by atoms with E-state index >= 15 is 0 Å². The second-order valence-electron chi connectivity index (χ2n) is 5.28. The van der Waals surface area contributed by atoms with Crippen molar-refractivity contribution in [3.8, 4) is 0 Å². The van der Waals surface area contributed by atoms with Gasteiger partial charge in [0.1, 0.15) is 0 Å². The van der Waals surface area contributed by atoms with Crippen molar-refractivity contribution < 1.29 is 4.79 Å². The summed E-state index contributed by atoms with van der Waals surface area (Å²) in [6.07, 6.45) is 4.19. The van der Waals surface area contributed by atoms with Gasteiger partial charge in [-0.05, 0) is 49.6 Å². The molecule has 2 rings (SSSR count). The van der Waals surface area contributed by atoms with Gasteiger partial charge in [0.15, 0.2) is 0 Å². The molecule has 0 saturated heterocycles. The molecule has 1 aromatic rings. The Bertz CT molecular complexity index is 425. The van der Waals surface area contributed by atoms with Crippen LogP contribution in [0, 0.1) is 0 Å². The fourth-order valence-electron chi connectivity index (χ4n) is 2.36. The lowest BCUT2D eigenvalue weighted by atomic mass is 9.86. The average molecular weight is 330 g/mol. The third-order valence-corrected chi connectivity index (χ3v) is 6.10. The van der Waals surface area contributed by atoms with E-state index in [0.29, 0.717) is 0 Å². The van der Waals surface area contributed by atoms with Crippen molar-refractivity contribution in [2.75, 3.05) is 5.33 Å². The molecular weight excluding hydrogens is 310 g/mol. The van der Waals surface area contributed by atoms with Crippen LogP contribution in [-0.2, 0) is 11.2 Å². The predicted octanol–water partition coefficient (Wildman–Crippen LogP) is 3.85. The van der Waals surface area contributed by atoms with Gasteiger partial charge in [0.25, 0.3) is 0 Å². The molecule has 2 unspecified atom stereocenters. The number of hydrogen-bond acceptors (Lipinski definition) is 2. The average Bonchev–Trinajstić information content (AvgIpc) is 2.86. The molecule has 0 fully saturated rings. The highest BCUT2D eigenvalue weighted by Crippen LogP contribution is 2.35. The number of rotatable bonds is 4. The van der Waals surface area contributed by atoms with Crippen LogP contribution < -0.4 is 5.32 Å². The highest BCUT2D eigenvalue weighted by atomic mass is 79.9. The number of amides is 1. The van der Waals surface area contributed by atoms with Gasteiger partial charge in [-0.25, -0.2) is 0 Å². The standard InChI is InChI=1S/C14H20BrNOS/c1-3-14(2,9-15)16-13(17)11-5-4-6-12-10(11)7-8-18-12/h7-8,11H,3-6,9H2,1-2H3,(H,16,17). The topological polar surface area (TPSA) is 29.1 Å². The molecule has 2 nitrogen and oxygen atoms in total. The van der Waals surface area contributed by atoms with Crippen LogP contribution in [0.25, 0.3) is 0 Å². The van der Waals surface area contributed by atoms with E-state index in [9.17, 15) is 4.79 Å². The van der Waals surface area contributed by atoms with Crippen molar-refractivity contribution in [2.45, 2.75) is 51.0 Å². The molecule has 0 radical (unpaired) electrons. The first-order valence-electron chi connectivity index (χ1n) is 6.54. The minimum absolute atomic E-state index is 0.0601. The van der Waals surface area contributed by atoms with Gasteiger partial charge in [-0.2, -0.15) is 0 Å². The van der Waals surface area contributed by atoms with Crippen LogP contribution in [0.3, 0.4) is 0 Å². The Balaban J connectivity index is 2.12. The van der Waals surface area contributed by atoms with Gasteiger partial charge < -0.3 is 5.32 Å². The van der Waals surface area contributed by atoms with Gasteiger partial charge in [0.05, 0.1) is 5.92 Å². The van der Waals surface area contributed by atoms with Crippen molar-refractivity contribution in [1.29, 1.82) is 0 Å². The summed E-state index contributed by atoms with van der Waals surface area (Å²) in [6, 6.07) is 2.13. The smallest absolute Gasteiger partial charge is 0.228 e. The van der Waals surface area contributed by atoms with E-state index in [2.05, 4.69) is 46.5 Å². The quantitative estimate of drug-likeness (QED) is 0.835. The molecule has 1 heterocycles. The first-order chi connectivity index (χ1) is 8.59. The molecule has 1 N–H and O–H groups in total. The highest BCUT2D eigenvalue weighted by molar-refractivity contribution is 9.09. The van der Waals surface area contributed by atoms with Crippen LogP contribution in [-0.4, -0.2) is 16.8 Å². The van der Waals surface area contributed by atoms with Gasteiger partial charge in [-0.3, -0.25) is 4.79 Å². The van der Waals surface area contributed by atoms with Crippen LogP contribution in [0.2, 0.25) is 0 Å². The van der Waals surface area contributed by atoms with Gasteiger partial charge in [-0.15, -0.1) is 11.3 Å². The summed E-state index contributed by atoms with van der Waals surface area (Å²) in [5.41, 5.74) is 1.13. The molecule has 1 aromatic heterocycles. The zero-order valence-corrected chi connectivity index (χ0v) is 13.4. The monoisotopic (exact) mass is 329 g/mol. The summed E-state index contributed by atoms with van der Waals surface area (Å²) in [5, 5.41) is 6.12. The molecule has 1 amide bonds. The van der Waals surface area contributed by atoms with E-state index in [1.165, 1.54) is 10.4 Å². The highest BCUT2D eigenvalue weighted by Gasteiger charge is 2.31. The summed E-state index contributed by atoms with van der Waals surface area (Å²) < 4.78 is 0. The lowest BCUT2D eigenvalue weighted by Crippen LogP contribution is -2.49. The molecule has 0 saturated carbocycles. The maximum absolute atomic E-state index is 12.5. The number of nitrogens with one attached hydrogen (secondary N) is 1. The van der Waals surface area contributed by atoms with Crippen molar-refractivity contribution in [3.63, 3.8) is 0 Å². The van der Waals surface area contributed by atoms with Gasteiger partial charge in [-0.1, -0.05) is 22.9 Å². The minimum Gasteiger partial charge on any atom is -0.350 e. The van der Waals surface area contributed by atoms with E-state index in [1.54, 1.807) is 11.3 Å². The predicted molar refractivity (Wildman–Crippen MR) is 80.6 cm³/mol. The third kappa shape index (κ3) is 2.80. The number of aryl methyl sites for hydroxylation is 1. The molecule has 18 heavy (non-hydrogen) atoms. The van der Waals surface area contributed by atoms with Crippen LogP contribution >= 0.6 is 27.3 Å². The first kappa shape index (κ1) is 14.1. The number of carbonyl (C=O) groups excluding carboxylic acids is 1. The second-order valence-corrected chi connectivity index (χ2v) is 6.84. The SMILES string of the molecule is CCC(C)(CBr)NC(=O)C1CCCc2sccc21. The zero-order chi connectivity index (χ0) is 13.2. The van der Waals surface area contributed by atoms with Gasteiger partial charge in [0.2, 0.25) is 5.91 Å². The minimum atomic E-state index is -0.134. The van der Waals surface area contributed by atoms with E-state index in [-0.39, 0.29) is 17.4 Å². The first-order valence-corrected chi connectivity index (χ1v) is 8.54. The van der Waals surface area contributed by atoms with Crippen LogP contribution in [0.5, 0.6) is 0 Å². The van der Waals surface area contributed by atoms with Crippen LogP contribution in [0.15, 0.2) is 11.4 Å². The van der Waals surface area contributed by atoms with Crippen molar-refractivity contribution in [1.82, 2.24) is 5.32 Å². The van der Waals surface area contributed by atoms with Crippen molar-refractivity contribution in [3.05, 3.63) is 21.9 Å². The zero-order valence-electron chi connectivity index (χ0n) is 11.0. The molecule has 0 aliphatic heterocycles. The molecule has 4 heteroatoms. The maximum Gasteiger partial charge on any atom is 0.228 e. The number of halogens is 1. The summed E-state index contributed by atoms with van der Waals surface area (Å²) in [7, 11) is 0. The Morgan fingerprint density at radius 1 is 1.67 bits per heavy atom. The molecule has 0 aromatic carbocycles. The summed E-state index contributed by atoms with van der Waals surface area (Å²) in [6.45, 7) is 4.20. The summed E-state index contributed by atoms with van der Waals surface area (Å²) >= 11 is 5.28. The maximum atomic E-state index is 12.5. The summed E-state index contributed by atoms with van der Waals surface area (Å²) in [4.78, 5) is 13.9. The number of thiophene rings is 1. The number of alkyl halides is 1. The van der Waals surface area contributed by atoms with Crippen LogP contribution in [0.4, 0.5) is 0 Å². The Hall–Kier alpha value is -0.350. The number of carbonyl (C=O) groups is 1. The van der Waals surface area contributed by atoms with E-state index in [0.717, 1.165) is 31.0 Å². The lowest BCUT2D eigenvalue weighted by Gasteiger charge is -2.31. The van der Waals surface area contributed by atoms with Gasteiger partial charge in [0, 0.05) is 15.7 Å². The molecule has 2 atom stereocenters. The molecule has 1 aliphatic rings. The van der Waals surface area contributed by atoms with E-state index in [4.69, 9.17) is 0 Å². The molecule has 1 aliphatic carbocycles. The Morgan fingerprint density at radius 3 is 3.11 bits per heavy atom. The normalized spacial score (nSPS) is 22.1. The molecule has 0 spiro atoms. The Labute approximate surface area is 121 Å². The number of hydrogen-bond donors (Lipinski definition) is 1. The summed E-state index contributed by atoms with van der Waals surface area (Å²) in [5.74, 6) is 0.253. The molecule has 0 bridgehead atoms. The van der Waals surface area contributed by atoms with Gasteiger partial charge >= 0.3 is 0 Å². The Kier molecular flexibility index (Phi) is 4.49. The third-order valence-electron chi connectivity index (χ3n) is 3.87. The fourth-order valence-corrected chi connectivity index (χ4v) is 3.88. The van der Waals surface area contributed by atoms with E-state index in [1.807, 2.05) is 0 Å². The molecular formula is C14H20BrNOS. The van der Waals surface area contributed by atoms with Crippen molar-refractivity contribution >= 4 is 33.2 Å². The van der Waals surface area contributed by atoms with E-state index < -0.39 is 0 Å².